The monoisotopic (exact) mass is 383 g/mol. The molecule has 6 heteroatoms. The first kappa shape index (κ1) is 18.7. The smallest absolute Gasteiger partial charge is 0.319 e. The first-order valence-electron chi connectivity index (χ1n) is 9.60. The van der Waals surface area contributed by atoms with Gasteiger partial charge in [-0.1, -0.05) is 31.2 Å². The molecule has 1 saturated carbocycles. The Morgan fingerprint density at radius 2 is 2.11 bits per heavy atom. The Hall–Kier alpha value is -2.60. The van der Waals surface area contributed by atoms with Crippen LogP contribution in [0.4, 0.5) is 0 Å². The second-order valence-electron chi connectivity index (χ2n) is 7.88. The van der Waals surface area contributed by atoms with Crippen LogP contribution in [-0.2, 0) is 19.1 Å². The molecular formula is C22H25NO5. The summed E-state index contributed by atoms with van der Waals surface area (Å²) in [4.78, 5) is 26.5. The van der Waals surface area contributed by atoms with Crippen molar-refractivity contribution in [3.05, 3.63) is 47.6 Å². The molecule has 28 heavy (non-hydrogen) atoms. The van der Waals surface area contributed by atoms with E-state index in [9.17, 15) is 9.59 Å². The molecule has 3 aliphatic rings. The molecule has 2 fully saturated rings. The van der Waals surface area contributed by atoms with Crippen molar-refractivity contribution >= 4 is 17.4 Å². The summed E-state index contributed by atoms with van der Waals surface area (Å²) in [7, 11) is 0. The Morgan fingerprint density at radius 3 is 2.79 bits per heavy atom. The summed E-state index contributed by atoms with van der Waals surface area (Å²) in [6, 6.07) is 7.21. The molecule has 1 aromatic rings. The molecule has 1 aliphatic carbocycles. The second kappa shape index (κ2) is 6.21. The van der Waals surface area contributed by atoms with Gasteiger partial charge in [0.05, 0.1) is 24.0 Å². The lowest BCUT2D eigenvalue weighted by Gasteiger charge is -2.51. The van der Waals surface area contributed by atoms with Crippen molar-refractivity contribution in [2.45, 2.75) is 45.5 Å². The van der Waals surface area contributed by atoms with Crippen molar-refractivity contribution < 1.29 is 23.8 Å². The number of carbonyl (C=O) groups is 2. The normalized spacial score (nSPS) is 33.5. The fourth-order valence-corrected chi connectivity index (χ4v) is 4.83. The molecule has 1 aromatic carbocycles. The standard InChI is InChI=1S/C22H25NO5/c1-5-26-20(25)21-11-17(12(2)3)28-22(21)18(15(24)10-13(21)4)19(23)14-8-6-7-9-16(14)27-22/h6-9,13,17H,2,5,10-11,23H2,1,3-4H3/t13-,17-,21+,22-/m0/s1. The third-order valence-corrected chi connectivity index (χ3v) is 6.23. The van der Waals surface area contributed by atoms with Gasteiger partial charge in [-0.2, -0.15) is 0 Å². The van der Waals surface area contributed by atoms with E-state index in [2.05, 4.69) is 6.58 Å². The topological polar surface area (TPSA) is 87.9 Å². The van der Waals surface area contributed by atoms with E-state index in [0.717, 1.165) is 5.57 Å². The number of esters is 1. The Bertz CT molecular complexity index is 919. The summed E-state index contributed by atoms with van der Waals surface area (Å²) in [5.74, 6) is -2.06. The number of hydrogen-bond donors (Lipinski definition) is 1. The Balaban J connectivity index is 2.02. The summed E-state index contributed by atoms with van der Waals surface area (Å²) >= 11 is 0. The third-order valence-electron chi connectivity index (χ3n) is 6.23. The van der Waals surface area contributed by atoms with Gasteiger partial charge in [0.15, 0.2) is 5.78 Å². The minimum absolute atomic E-state index is 0.165. The molecule has 2 heterocycles. The van der Waals surface area contributed by atoms with Gasteiger partial charge in [0, 0.05) is 18.4 Å². The quantitative estimate of drug-likeness (QED) is 0.638. The summed E-state index contributed by atoms with van der Waals surface area (Å²) < 4.78 is 18.2. The van der Waals surface area contributed by atoms with E-state index in [1.807, 2.05) is 26.0 Å². The van der Waals surface area contributed by atoms with E-state index < -0.39 is 23.3 Å². The van der Waals surface area contributed by atoms with Crippen LogP contribution in [0.3, 0.4) is 0 Å². The molecular weight excluding hydrogens is 358 g/mol. The minimum atomic E-state index is -1.62. The maximum absolute atomic E-state index is 13.4. The maximum Gasteiger partial charge on any atom is 0.319 e. The van der Waals surface area contributed by atoms with Gasteiger partial charge in [0.2, 0.25) is 0 Å². The van der Waals surface area contributed by atoms with E-state index in [-0.39, 0.29) is 30.3 Å². The second-order valence-corrected chi connectivity index (χ2v) is 7.88. The lowest BCUT2D eigenvalue weighted by Crippen LogP contribution is -2.64. The lowest BCUT2D eigenvalue weighted by atomic mass is 9.58. The fraction of sp³-hybridized carbons (Fsp3) is 0.455. The average molecular weight is 383 g/mol. The molecule has 0 unspecified atom stereocenters. The summed E-state index contributed by atoms with van der Waals surface area (Å²) in [5.41, 5.74) is 7.19. The number of carbonyl (C=O) groups excluding carboxylic acids is 2. The van der Waals surface area contributed by atoms with E-state index in [1.54, 1.807) is 19.1 Å². The minimum Gasteiger partial charge on any atom is -0.465 e. The molecule has 2 aliphatic heterocycles. The van der Waals surface area contributed by atoms with Crippen LogP contribution in [0.15, 0.2) is 42.0 Å². The molecule has 4 rings (SSSR count). The number of benzene rings is 1. The molecule has 0 amide bonds. The first-order chi connectivity index (χ1) is 13.3. The molecule has 2 N–H and O–H groups in total. The van der Waals surface area contributed by atoms with Gasteiger partial charge in [-0.3, -0.25) is 9.59 Å². The van der Waals surface area contributed by atoms with Crippen molar-refractivity contribution in [2.75, 3.05) is 6.61 Å². The van der Waals surface area contributed by atoms with E-state index in [0.29, 0.717) is 23.4 Å². The van der Waals surface area contributed by atoms with Crippen LogP contribution in [0.1, 0.15) is 39.2 Å². The molecule has 0 radical (unpaired) electrons. The van der Waals surface area contributed by atoms with Crippen LogP contribution in [0, 0.1) is 11.3 Å². The van der Waals surface area contributed by atoms with Gasteiger partial charge in [-0.05, 0) is 31.9 Å². The number of para-hydroxylation sites is 1. The number of ether oxygens (including phenoxy) is 3. The zero-order valence-corrected chi connectivity index (χ0v) is 16.4. The maximum atomic E-state index is 13.4. The summed E-state index contributed by atoms with van der Waals surface area (Å²) in [6.07, 6.45) is 0.0500. The third kappa shape index (κ3) is 2.18. The summed E-state index contributed by atoms with van der Waals surface area (Å²) in [6.45, 7) is 9.70. The lowest BCUT2D eigenvalue weighted by molar-refractivity contribution is -0.223. The van der Waals surface area contributed by atoms with Crippen molar-refractivity contribution in [3.63, 3.8) is 0 Å². The molecule has 0 bridgehead atoms. The molecule has 1 spiro atoms. The van der Waals surface area contributed by atoms with Gasteiger partial charge in [-0.25, -0.2) is 0 Å². The Morgan fingerprint density at radius 1 is 1.39 bits per heavy atom. The highest BCUT2D eigenvalue weighted by Crippen LogP contribution is 2.63. The molecule has 0 aromatic heterocycles. The van der Waals surface area contributed by atoms with Crippen molar-refractivity contribution in [3.8, 4) is 5.75 Å². The van der Waals surface area contributed by atoms with Crippen LogP contribution in [-0.4, -0.2) is 30.3 Å². The first-order valence-corrected chi connectivity index (χ1v) is 9.60. The zero-order valence-electron chi connectivity index (χ0n) is 16.4. The predicted molar refractivity (Wildman–Crippen MR) is 103 cm³/mol. The van der Waals surface area contributed by atoms with Crippen molar-refractivity contribution in [2.24, 2.45) is 17.1 Å². The van der Waals surface area contributed by atoms with Gasteiger partial charge in [0.1, 0.15) is 11.2 Å². The van der Waals surface area contributed by atoms with Crippen LogP contribution in [0.5, 0.6) is 5.75 Å². The number of Topliss-reactive ketones (excluding diaryl/α,β-unsaturated/α-hetero) is 1. The highest BCUT2D eigenvalue weighted by molar-refractivity contribution is 6.08. The van der Waals surface area contributed by atoms with Crippen LogP contribution in [0.25, 0.3) is 5.70 Å². The summed E-state index contributed by atoms with van der Waals surface area (Å²) in [5, 5.41) is 0. The van der Waals surface area contributed by atoms with E-state index >= 15 is 0 Å². The van der Waals surface area contributed by atoms with Gasteiger partial charge in [-0.15, -0.1) is 0 Å². The zero-order chi connectivity index (χ0) is 20.3. The predicted octanol–water partition coefficient (Wildman–Crippen LogP) is 2.97. The molecule has 148 valence electrons. The Kier molecular flexibility index (Phi) is 4.16. The highest BCUT2D eigenvalue weighted by atomic mass is 16.7. The van der Waals surface area contributed by atoms with Crippen molar-refractivity contribution in [1.29, 1.82) is 0 Å². The number of hydrogen-bond acceptors (Lipinski definition) is 6. The molecule has 6 nitrogen and oxygen atoms in total. The van der Waals surface area contributed by atoms with Crippen LogP contribution in [0.2, 0.25) is 0 Å². The fourth-order valence-electron chi connectivity index (χ4n) is 4.83. The van der Waals surface area contributed by atoms with E-state index in [1.165, 1.54) is 0 Å². The SMILES string of the molecule is C=C(C)[C@@H]1C[C@]2(C(=O)OCC)[C@@H](C)CC(=O)C3=C(N)c4ccccc4O[C@]32O1. The number of rotatable bonds is 3. The van der Waals surface area contributed by atoms with Gasteiger partial charge < -0.3 is 19.9 Å². The average Bonchev–Trinajstić information content (AvgIpc) is 2.99. The number of fused-ring (bicyclic) bond motifs is 1. The van der Waals surface area contributed by atoms with Crippen LogP contribution < -0.4 is 10.5 Å². The van der Waals surface area contributed by atoms with Gasteiger partial charge >= 0.3 is 5.97 Å². The van der Waals surface area contributed by atoms with E-state index in [4.69, 9.17) is 19.9 Å². The largest absolute Gasteiger partial charge is 0.465 e. The van der Waals surface area contributed by atoms with Gasteiger partial charge in [0.25, 0.3) is 5.79 Å². The van der Waals surface area contributed by atoms with Crippen molar-refractivity contribution in [1.82, 2.24) is 0 Å². The number of nitrogens with two attached hydrogens (primary N) is 1. The van der Waals surface area contributed by atoms with Crippen LogP contribution >= 0.6 is 0 Å². The Labute approximate surface area is 164 Å². The highest BCUT2D eigenvalue weighted by Gasteiger charge is 2.75. The molecule has 1 saturated heterocycles. The number of ketones is 1. The molecule has 4 atom stereocenters.